The zero-order chi connectivity index (χ0) is 15.6. The lowest BCUT2D eigenvalue weighted by Crippen LogP contribution is -2.51. The van der Waals surface area contributed by atoms with E-state index in [1.807, 2.05) is 6.92 Å². The molecule has 0 aliphatic heterocycles. The molecule has 0 heterocycles. The number of rotatable bonds is 3. The Morgan fingerprint density at radius 1 is 1.36 bits per heavy atom. The first kappa shape index (κ1) is 18.4. The van der Waals surface area contributed by atoms with Crippen LogP contribution in [-0.2, 0) is 4.79 Å². The zero-order valence-corrected chi connectivity index (χ0v) is 13.2. The summed E-state index contributed by atoms with van der Waals surface area (Å²) in [4.78, 5) is 23.5. The number of carbonyl (C=O) groups excluding carboxylic acids is 2. The highest BCUT2D eigenvalue weighted by Gasteiger charge is 2.37. The van der Waals surface area contributed by atoms with Gasteiger partial charge in [-0.05, 0) is 38.0 Å². The second kappa shape index (κ2) is 7.07. The molecular weight excluding hydrogens is 309 g/mol. The van der Waals surface area contributed by atoms with Crippen LogP contribution in [0.15, 0.2) is 18.2 Å². The molecule has 1 aromatic carbocycles. The van der Waals surface area contributed by atoms with Gasteiger partial charge in [0.1, 0.15) is 5.82 Å². The van der Waals surface area contributed by atoms with Gasteiger partial charge < -0.3 is 16.8 Å². The number of carbonyl (C=O) groups is 2. The SMILES string of the molecule is CC1(N)CCCCC1C(=O)Nc1cc(C(N)=O)ccc1F.Cl. The maximum Gasteiger partial charge on any atom is 0.248 e. The van der Waals surface area contributed by atoms with Crippen LogP contribution in [0.3, 0.4) is 0 Å². The van der Waals surface area contributed by atoms with Crippen molar-refractivity contribution >= 4 is 29.9 Å². The highest BCUT2D eigenvalue weighted by Crippen LogP contribution is 2.32. The molecule has 2 rings (SSSR count). The molecule has 5 nitrogen and oxygen atoms in total. The van der Waals surface area contributed by atoms with E-state index < -0.39 is 17.3 Å². The Morgan fingerprint density at radius 2 is 2.05 bits per heavy atom. The molecule has 5 N–H and O–H groups in total. The number of amides is 2. The quantitative estimate of drug-likeness (QED) is 0.792. The number of benzene rings is 1. The maximum atomic E-state index is 13.8. The van der Waals surface area contributed by atoms with Crippen molar-refractivity contribution in [1.82, 2.24) is 0 Å². The van der Waals surface area contributed by atoms with E-state index in [-0.39, 0.29) is 35.5 Å². The van der Waals surface area contributed by atoms with Crippen molar-refractivity contribution in [3.63, 3.8) is 0 Å². The lowest BCUT2D eigenvalue weighted by Gasteiger charge is -2.37. The van der Waals surface area contributed by atoms with Gasteiger partial charge in [0.05, 0.1) is 11.6 Å². The van der Waals surface area contributed by atoms with E-state index in [4.69, 9.17) is 11.5 Å². The first-order valence-corrected chi connectivity index (χ1v) is 7.00. The van der Waals surface area contributed by atoms with Gasteiger partial charge in [0.25, 0.3) is 0 Å². The summed E-state index contributed by atoms with van der Waals surface area (Å²) in [6, 6.07) is 3.63. The van der Waals surface area contributed by atoms with Gasteiger partial charge in [0, 0.05) is 11.1 Å². The topological polar surface area (TPSA) is 98.2 Å². The smallest absolute Gasteiger partial charge is 0.248 e. The van der Waals surface area contributed by atoms with Crippen molar-refractivity contribution in [2.24, 2.45) is 17.4 Å². The van der Waals surface area contributed by atoms with Crippen molar-refractivity contribution in [2.75, 3.05) is 5.32 Å². The van der Waals surface area contributed by atoms with Gasteiger partial charge in [-0.15, -0.1) is 12.4 Å². The molecular formula is C15H21ClFN3O2. The van der Waals surface area contributed by atoms with Gasteiger partial charge in [-0.1, -0.05) is 12.8 Å². The summed E-state index contributed by atoms with van der Waals surface area (Å²) in [5.74, 6) is -1.97. The van der Waals surface area contributed by atoms with Crippen molar-refractivity contribution in [2.45, 2.75) is 38.1 Å². The molecule has 1 aromatic rings. The summed E-state index contributed by atoms with van der Waals surface area (Å²) in [5.41, 5.74) is 10.8. The number of anilines is 1. The number of hydrogen-bond acceptors (Lipinski definition) is 3. The monoisotopic (exact) mass is 329 g/mol. The van der Waals surface area contributed by atoms with E-state index in [9.17, 15) is 14.0 Å². The Labute approximate surface area is 135 Å². The van der Waals surface area contributed by atoms with Gasteiger partial charge in [0.2, 0.25) is 11.8 Å². The van der Waals surface area contributed by atoms with Gasteiger partial charge in [-0.25, -0.2) is 4.39 Å². The summed E-state index contributed by atoms with van der Waals surface area (Å²) in [6.07, 6.45) is 3.35. The minimum absolute atomic E-state index is 0. The average Bonchev–Trinajstić information content (AvgIpc) is 2.40. The fourth-order valence-corrected chi connectivity index (χ4v) is 2.78. The van der Waals surface area contributed by atoms with Crippen LogP contribution in [0.5, 0.6) is 0 Å². The van der Waals surface area contributed by atoms with Gasteiger partial charge in [0.15, 0.2) is 0 Å². The molecule has 0 saturated heterocycles. The van der Waals surface area contributed by atoms with Crippen LogP contribution in [0.2, 0.25) is 0 Å². The predicted molar refractivity (Wildman–Crippen MR) is 85.3 cm³/mol. The molecule has 1 fully saturated rings. The fraction of sp³-hybridized carbons (Fsp3) is 0.467. The average molecular weight is 330 g/mol. The molecule has 0 aromatic heterocycles. The van der Waals surface area contributed by atoms with E-state index in [2.05, 4.69) is 5.32 Å². The number of halogens is 2. The predicted octanol–water partition coefficient (Wildman–Crippen LogP) is 2.19. The van der Waals surface area contributed by atoms with Crippen LogP contribution < -0.4 is 16.8 Å². The standard InChI is InChI=1S/C15H20FN3O2.ClH/c1-15(18)7-3-2-4-10(15)14(21)19-12-8-9(13(17)20)5-6-11(12)16;/h5-6,8,10H,2-4,7,18H2,1H3,(H2,17,20)(H,19,21);1H. The molecule has 22 heavy (non-hydrogen) atoms. The highest BCUT2D eigenvalue weighted by atomic mass is 35.5. The summed E-state index contributed by atoms with van der Waals surface area (Å²) < 4.78 is 13.8. The minimum Gasteiger partial charge on any atom is -0.366 e. The maximum absolute atomic E-state index is 13.8. The first-order chi connectivity index (χ1) is 9.81. The van der Waals surface area contributed by atoms with Crippen LogP contribution >= 0.6 is 12.4 Å². The van der Waals surface area contributed by atoms with Crippen molar-refractivity contribution in [3.05, 3.63) is 29.6 Å². The Bertz CT molecular complexity index is 578. The molecule has 2 amide bonds. The van der Waals surface area contributed by atoms with Gasteiger partial charge in [-0.3, -0.25) is 9.59 Å². The van der Waals surface area contributed by atoms with Crippen LogP contribution in [-0.4, -0.2) is 17.4 Å². The van der Waals surface area contributed by atoms with Crippen LogP contribution in [0.1, 0.15) is 43.0 Å². The number of hydrogen-bond donors (Lipinski definition) is 3. The van der Waals surface area contributed by atoms with Crippen LogP contribution in [0.25, 0.3) is 0 Å². The largest absolute Gasteiger partial charge is 0.366 e. The fourth-order valence-electron chi connectivity index (χ4n) is 2.78. The highest BCUT2D eigenvalue weighted by molar-refractivity contribution is 5.97. The van der Waals surface area contributed by atoms with E-state index in [1.165, 1.54) is 12.1 Å². The van der Waals surface area contributed by atoms with Crippen molar-refractivity contribution in [1.29, 1.82) is 0 Å². The Hall–Kier alpha value is -1.66. The second-order valence-electron chi connectivity index (χ2n) is 5.85. The summed E-state index contributed by atoms with van der Waals surface area (Å²) in [6.45, 7) is 1.84. The minimum atomic E-state index is -0.674. The third-order valence-corrected chi connectivity index (χ3v) is 4.08. The molecule has 0 bridgehead atoms. The van der Waals surface area contributed by atoms with Crippen molar-refractivity contribution in [3.8, 4) is 0 Å². The molecule has 1 saturated carbocycles. The third-order valence-electron chi connectivity index (χ3n) is 4.08. The van der Waals surface area contributed by atoms with Crippen LogP contribution in [0, 0.1) is 11.7 Å². The molecule has 2 atom stereocenters. The molecule has 122 valence electrons. The Morgan fingerprint density at radius 3 is 2.64 bits per heavy atom. The summed E-state index contributed by atoms with van der Waals surface area (Å²) in [5, 5.41) is 2.53. The zero-order valence-electron chi connectivity index (χ0n) is 12.4. The molecule has 0 spiro atoms. The lowest BCUT2D eigenvalue weighted by atomic mass is 9.74. The molecule has 1 aliphatic carbocycles. The molecule has 1 aliphatic rings. The lowest BCUT2D eigenvalue weighted by molar-refractivity contribution is -0.122. The molecule has 2 unspecified atom stereocenters. The van der Waals surface area contributed by atoms with E-state index in [0.29, 0.717) is 6.42 Å². The van der Waals surface area contributed by atoms with Gasteiger partial charge >= 0.3 is 0 Å². The van der Waals surface area contributed by atoms with E-state index in [0.717, 1.165) is 25.3 Å². The first-order valence-electron chi connectivity index (χ1n) is 7.00. The second-order valence-corrected chi connectivity index (χ2v) is 5.85. The normalized spacial score (nSPS) is 24.2. The third kappa shape index (κ3) is 3.96. The van der Waals surface area contributed by atoms with Crippen molar-refractivity contribution < 1.29 is 14.0 Å². The van der Waals surface area contributed by atoms with E-state index in [1.54, 1.807) is 0 Å². The number of nitrogens with two attached hydrogens (primary N) is 2. The molecule has 7 heteroatoms. The Balaban J connectivity index is 0.00000242. The summed E-state index contributed by atoms with van der Waals surface area (Å²) in [7, 11) is 0. The van der Waals surface area contributed by atoms with Crippen LogP contribution in [0.4, 0.5) is 10.1 Å². The van der Waals surface area contributed by atoms with Gasteiger partial charge in [-0.2, -0.15) is 0 Å². The Kier molecular flexibility index (Phi) is 5.91. The number of nitrogens with one attached hydrogen (secondary N) is 1. The van der Waals surface area contributed by atoms with E-state index >= 15 is 0 Å². The summed E-state index contributed by atoms with van der Waals surface area (Å²) >= 11 is 0. The molecule has 0 radical (unpaired) electrons. The number of primary amides is 1.